The Hall–Kier alpha value is -2.22. The van der Waals surface area contributed by atoms with Gasteiger partial charge in [-0.05, 0) is 36.8 Å². The highest BCUT2D eigenvalue weighted by atomic mass is 32.1. The van der Waals surface area contributed by atoms with Crippen LogP contribution >= 0.6 is 11.3 Å². The summed E-state index contributed by atoms with van der Waals surface area (Å²) < 4.78 is 45.3. The van der Waals surface area contributed by atoms with Crippen LogP contribution in [0.3, 0.4) is 0 Å². The van der Waals surface area contributed by atoms with E-state index in [1.165, 1.54) is 42.5 Å². The number of alkyl halides is 2. The van der Waals surface area contributed by atoms with Crippen LogP contribution in [0.5, 0.6) is 5.75 Å². The van der Waals surface area contributed by atoms with E-state index in [1.807, 2.05) is 19.1 Å². The van der Waals surface area contributed by atoms with Crippen molar-refractivity contribution in [2.45, 2.75) is 25.9 Å². The van der Waals surface area contributed by atoms with Gasteiger partial charge in [0.2, 0.25) is 0 Å². The van der Waals surface area contributed by atoms with Crippen molar-refractivity contribution in [2.75, 3.05) is 14.2 Å². The highest BCUT2D eigenvalue weighted by molar-refractivity contribution is 7.11. The number of halogens is 3. The number of hydrogen-bond acceptors (Lipinski definition) is 3. The summed E-state index contributed by atoms with van der Waals surface area (Å²) >= 11 is 1.53. The average Bonchev–Trinajstić information content (AvgIpc) is 2.96. The van der Waals surface area contributed by atoms with Crippen molar-refractivity contribution in [3.63, 3.8) is 0 Å². The summed E-state index contributed by atoms with van der Waals surface area (Å²) in [5, 5.41) is 2.26. The third kappa shape index (κ3) is 4.88. The molecule has 0 saturated heterocycles. The van der Waals surface area contributed by atoms with Crippen molar-refractivity contribution in [2.24, 2.45) is 0 Å². The zero-order chi connectivity index (χ0) is 18.6. The zero-order valence-corrected chi connectivity index (χ0v) is 14.9. The van der Waals surface area contributed by atoms with Gasteiger partial charge < -0.3 is 15.0 Å². The number of aryl methyl sites for hydroxylation is 1. The number of urea groups is 1. The molecule has 0 spiro atoms. The van der Waals surface area contributed by atoms with Crippen molar-refractivity contribution >= 4 is 17.4 Å². The van der Waals surface area contributed by atoms with Gasteiger partial charge in [0, 0.05) is 16.8 Å². The lowest BCUT2D eigenvalue weighted by Crippen LogP contribution is -2.41. The molecule has 1 aromatic carbocycles. The SMILES string of the molecule is COc1ccc([C@H](NC(=O)N(C)Cc2ccc(C)s2)C(F)F)cc1F. The molecule has 0 aliphatic heterocycles. The number of carbonyl (C=O) groups excluding carboxylic acids is 1. The second-order valence-corrected chi connectivity index (χ2v) is 6.90. The minimum Gasteiger partial charge on any atom is -0.494 e. The van der Waals surface area contributed by atoms with Crippen molar-refractivity contribution in [1.82, 2.24) is 10.2 Å². The summed E-state index contributed by atoms with van der Waals surface area (Å²) in [4.78, 5) is 15.6. The van der Waals surface area contributed by atoms with Crippen LogP contribution in [0.15, 0.2) is 30.3 Å². The van der Waals surface area contributed by atoms with Crippen LogP contribution in [-0.2, 0) is 6.54 Å². The van der Waals surface area contributed by atoms with Crippen LogP contribution < -0.4 is 10.1 Å². The molecule has 0 saturated carbocycles. The molecule has 0 aliphatic carbocycles. The molecule has 25 heavy (non-hydrogen) atoms. The first-order valence-corrected chi connectivity index (χ1v) is 8.32. The maximum absolute atomic E-state index is 13.8. The van der Waals surface area contributed by atoms with E-state index in [-0.39, 0.29) is 11.3 Å². The fraction of sp³-hybridized carbons (Fsp3) is 0.353. The van der Waals surface area contributed by atoms with Crippen LogP contribution in [0.4, 0.5) is 18.0 Å². The fourth-order valence-corrected chi connectivity index (χ4v) is 3.23. The van der Waals surface area contributed by atoms with Crippen LogP contribution in [0.1, 0.15) is 21.4 Å². The van der Waals surface area contributed by atoms with Gasteiger partial charge in [0.1, 0.15) is 6.04 Å². The minimum absolute atomic E-state index is 0.0259. The molecule has 0 fully saturated rings. The van der Waals surface area contributed by atoms with Gasteiger partial charge >= 0.3 is 6.03 Å². The standard InChI is InChI=1S/C17H19F3N2O2S/c1-10-4-6-12(25-10)9-22(2)17(23)21-15(16(19)20)11-5-7-14(24-3)13(18)8-11/h4-8,15-16H,9H2,1-3H3,(H,21,23)/t15-/m0/s1. The molecule has 0 radical (unpaired) electrons. The molecule has 1 aromatic heterocycles. The Labute approximate surface area is 148 Å². The van der Waals surface area contributed by atoms with Crippen LogP contribution in [-0.4, -0.2) is 31.5 Å². The molecule has 0 bridgehead atoms. The minimum atomic E-state index is -2.88. The van der Waals surface area contributed by atoms with Crippen molar-refractivity contribution in [3.8, 4) is 5.75 Å². The summed E-state index contributed by atoms with van der Waals surface area (Å²) in [5.41, 5.74) is -0.0259. The Morgan fingerprint density at radius 2 is 2.04 bits per heavy atom. The maximum Gasteiger partial charge on any atom is 0.318 e. The fourth-order valence-electron chi connectivity index (χ4n) is 2.29. The first kappa shape index (κ1) is 19.1. The molecule has 4 nitrogen and oxygen atoms in total. The first-order valence-electron chi connectivity index (χ1n) is 7.50. The van der Waals surface area contributed by atoms with Gasteiger partial charge in [-0.1, -0.05) is 6.07 Å². The van der Waals surface area contributed by atoms with E-state index < -0.39 is 24.3 Å². The Morgan fingerprint density at radius 1 is 1.32 bits per heavy atom. The molecule has 136 valence electrons. The smallest absolute Gasteiger partial charge is 0.318 e. The lowest BCUT2D eigenvalue weighted by Gasteiger charge is -2.23. The number of nitrogens with zero attached hydrogens (tertiary/aromatic N) is 1. The van der Waals surface area contributed by atoms with E-state index in [0.717, 1.165) is 15.8 Å². The number of methoxy groups -OCH3 is 1. The monoisotopic (exact) mass is 372 g/mol. The molecule has 2 rings (SSSR count). The summed E-state index contributed by atoms with van der Waals surface area (Å²) in [7, 11) is 2.80. The highest BCUT2D eigenvalue weighted by Crippen LogP contribution is 2.26. The number of benzene rings is 1. The van der Waals surface area contributed by atoms with Gasteiger partial charge in [0.05, 0.1) is 13.7 Å². The quantitative estimate of drug-likeness (QED) is 0.819. The number of rotatable bonds is 6. The summed E-state index contributed by atoms with van der Waals surface area (Å²) in [5.74, 6) is -0.810. The average molecular weight is 372 g/mol. The maximum atomic E-state index is 13.8. The molecule has 0 unspecified atom stereocenters. The number of nitrogens with one attached hydrogen (secondary N) is 1. The summed E-state index contributed by atoms with van der Waals surface area (Å²) in [6.07, 6.45) is -2.88. The van der Waals surface area contributed by atoms with E-state index in [0.29, 0.717) is 6.54 Å². The van der Waals surface area contributed by atoms with Gasteiger partial charge in [-0.15, -0.1) is 11.3 Å². The molecule has 8 heteroatoms. The molecule has 0 aliphatic rings. The number of amides is 2. The predicted octanol–water partition coefficient (Wildman–Crippen LogP) is 4.35. The Morgan fingerprint density at radius 3 is 2.56 bits per heavy atom. The van der Waals surface area contributed by atoms with Gasteiger partial charge in [-0.2, -0.15) is 0 Å². The number of ether oxygens (including phenoxy) is 1. The highest BCUT2D eigenvalue weighted by Gasteiger charge is 2.26. The molecular weight excluding hydrogens is 353 g/mol. The zero-order valence-electron chi connectivity index (χ0n) is 14.1. The topological polar surface area (TPSA) is 41.6 Å². The van der Waals surface area contributed by atoms with Gasteiger partial charge in [0.25, 0.3) is 6.43 Å². The molecule has 1 heterocycles. The third-order valence-electron chi connectivity index (χ3n) is 3.60. The molecule has 2 aromatic rings. The predicted molar refractivity (Wildman–Crippen MR) is 90.8 cm³/mol. The van der Waals surface area contributed by atoms with Crippen molar-refractivity contribution in [3.05, 3.63) is 51.5 Å². The van der Waals surface area contributed by atoms with E-state index in [9.17, 15) is 18.0 Å². The van der Waals surface area contributed by atoms with Crippen LogP contribution in [0, 0.1) is 12.7 Å². The second kappa shape index (κ2) is 8.24. The van der Waals surface area contributed by atoms with Gasteiger partial charge in [-0.25, -0.2) is 18.0 Å². The normalized spacial score (nSPS) is 12.1. The van der Waals surface area contributed by atoms with Crippen LogP contribution in [0.25, 0.3) is 0 Å². The lowest BCUT2D eigenvalue weighted by molar-refractivity contribution is 0.0971. The van der Waals surface area contributed by atoms with E-state index in [1.54, 1.807) is 0 Å². The first-order chi connectivity index (χ1) is 11.8. The summed E-state index contributed by atoms with van der Waals surface area (Å²) in [6.45, 7) is 2.25. The number of carbonyl (C=O) groups is 1. The largest absolute Gasteiger partial charge is 0.494 e. The number of hydrogen-bond donors (Lipinski definition) is 1. The van der Waals surface area contributed by atoms with Crippen molar-refractivity contribution < 1.29 is 22.7 Å². The van der Waals surface area contributed by atoms with Crippen LogP contribution in [0.2, 0.25) is 0 Å². The molecule has 1 atom stereocenters. The molecule has 2 amide bonds. The Balaban J connectivity index is 2.10. The van der Waals surface area contributed by atoms with E-state index in [4.69, 9.17) is 4.74 Å². The van der Waals surface area contributed by atoms with E-state index >= 15 is 0 Å². The third-order valence-corrected chi connectivity index (χ3v) is 4.59. The van der Waals surface area contributed by atoms with Gasteiger partial charge in [0.15, 0.2) is 11.6 Å². The van der Waals surface area contributed by atoms with Gasteiger partial charge in [-0.3, -0.25) is 0 Å². The van der Waals surface area contributed by atoms with E-state index in [2.05, 4.69) is 5.32 Å². The second-order valence-electron chi connectivity index (χ2n) is 5.52. The molecular formula is C17H19F3N2O2S. The lowest BCUT2D eigenvalue weighted by atomic mass is 10.1. The Bertz CT molecular complexity index is 736. The van der Waals surface area contributed by atoms with Crippen molar-refractivity contribution in [1.29, 1.82) is 0 Å². The number of thiophene rings is 1. The Kier molecular flexibility index (Phi) is 6.30. The molecule has 1 N–H and O–H groups in total. The summed E-state index contributed by atoms with van der Waals surface area (Å²) in [6, 6.07) is 5.04.